The van der Waals surface area contributed by atoms with E-state index in [9.17, 15) is 4.79 Å². The van der Waals surface area contributed by atoms with Gasteiger partial charge in [0.2, 0.25) is 0 Å². The predicted molar refractivity (Wildman–Crippen MR) is 96.1 cm³/mol. The molecule has 2 aromatic heterocycles. The lowest BCUT2D eigenvalue weighted by Gasteiger charge is -2.17. The summed E-state index contributed by atoms with van der Waals surface area (Å²) >= 11 is 0. The number of carbonyl (C=O) groups excluding carboxylic acids is 1. The number of hydrogen-bond acceptors (Lipinski definition) is 5. The van der Waals surface area contributed by atoms with E-state index in [1.54, 1.807) is 18.6 Å². The Morgan fingerprint density at radius 3 is 2.85 bits per heavy atom. The third-order valence-electron chi connectivity index (χ3n) is 4.24. The van der Waals surface area contributed by atoms with Crippen LogP contribution in [0.5, 0.6) is 0 Å². The summed E-state index contributed by atoms with van der Waals surface area (Å²) in [5.74, 6) is -0.804. The highest BCUT2D eigenvalue weighted by molar-refractivity contribution is 5.96. The summed E-state index contributed by atoms with van der Waals surface area (Å²) in [4.78, 5) is 21.2. The van der Waals surface area contributed by atoms with E-state index in [2.05, 4.69) is 15.3 Å². The van der Waals surface area contributed by atoms with Gasteiger partial charge in [-0.05, 0) is 32.0 Å². The third-order valence-corrected chi connectivity index (χ3v) is 4.24. The molecule has 1 atom stereocenters. The second-order valence-electron chi connectivity index (χ2n) is 6.68. The number of nitrogens with zero attached hydrogens (tertiary/aromatic N) is 3. The maximum Gasteiger partial charge on any atom is 0.253 e. The van der Waals surface area contributed by atoms with Crippen LogP contribution >= 0.6 is 0 Å². The number of para-hydroxylation sites is 1. The lowest BCUT2D eigenvalue weighted by molar-refractivity contribution is -0.137. The van der Waals surface area contributed by atoms with Crippen molar-refractivity contribution in [2.75, 3.05) is 13.2 Å². The van der Waals surface area contributed by atoms with Crippen LogP contribution in [-0.2, 0) is 9.47 Å². The van der Waals surface area contributed by atoms with Crippen molar-refractivity contribution < 1.29 is 14.3 Å². The summed E-state index contributed by atoms with van der Waals surface area (Å²) in [6, 6.07) is 11.6. The van der Waals surface area contributed by atoms with E-state index < -0.39 is 5.79 Å². The molecule has 3 heterocycles. The molecule has 1 N–H and O–H groups in total. The first-order chi connectivity index (χ1) is 12.5. The number of rotatable bonds is 4. The van der Waals surface area contributed by atoms with Gasteiger partial charge < -0.3 is 14.8 Å². The Labute approximate surface area is 151 Å². The lowest BCUT2D eigenvalue weighted by atomic mass is 10.2. The van der Waals surface area contributed by atoms with Crippen LogP contribution in [0.3, 0.4) is 0 Å². The largest absolute Gasteiger partial charge is 0.349 e. The Morgan fingerprint density at radius 1 is 1.31 bits per heavy atom. The highest BCUT2D eigenvalue weighted by atomic mass is 16.7. The molecule has 1 fully saturated rings. The molecule has 7 heteroatoms. The second kappa shape index (κ2) is 6.51. The van der Waals surface area contributed by atoms with E-state index in [1.165, 1.54) is 0 Å². The van der Waals surface area contributed by atoms with Gasteiger partial charge in [0.1, 0.15) is 17.9 Å². The van der Waals surface area contributed by atoms with Gasteiger partial charge in [0, 0.05) is 18.4 Å². The minimum Gasteiger partial charge on any atom is -0.349 e. The molecule has 1 saturated heterocycles. The number of amides is 1. The third kappa shape index (κ3) is 3.31. The van der Waals surface area contributed by atoms with Gasteiger partial charge in [0.25, 0.3) is 5.91 Å². The first-order valence-corrected chi connectivity index (χ1v) is 8.50. The summed E-state index contributed by atoms with van der Waals surface area (Å²) in [6.07, 6.45) is 3.12. The van der Waals surface area contributed by atoms with Crippen LogP contribution in [0.15, 0.2) is 48.9 Å². The Hall–Kier alpha value is -2.77. The number of imidazole rings is 1. The van der Waals surface area contributed by atoms with Crippen LogP contribution in [-0.4, -0.2) is 45.5 Å². The molecule has 0 saturated carbocycles. The summed E-state index contributed by atoms with van der Waals surface area (Å²) in [5, 5.41) is 2.86. The minimum absolute atomic E-state index is 0.150. The zero-order valence-corrected chi connectivity index (χ0v) is 14.7. The molecule has 1 aliphatic heterocycles. The number of hydrogen-bond donors (Lipinski definition) is 1. The maximum absolute atomic E-state index is 12.4. The van der Waals surface area contributed by atoms with E-state index in [1.807, 2.05) is 48.7 Å². The summed E-state index contributed by atoms with van der Waals surface area (Å²) in [6.45, 7) is 4.57. The molecule has 26 heavy (non-hydrogen) atoms. The van der Waals surface area contributed by atoms with E-state index >= 15 is 0 Å². The molecule has 3 aromatic rings. The molecular formula is C19H20N4O3. The molecule has 1 aromatic carbocycles. The average molecular weight is 352 g/mol. The molecule has 1 aliphatic rings. The number of benzene rings is 1. The fourth-order valence-corrected chi connectivity index (χ4v) is 2.98. The van der Waals surface area contributed by atoms with Crippen molar-refractivity contribution in [3.63, 3.8) is 0 Å². The first-order valence-electron chi connectivity index (χ1n) is 8.50. The van der Waals surface area contributed by atoms with Gasteiger partial charge in [-0.1, -0.05) is 18.2 Å². The van der Waals surface area contributed by atoms with Gasteiger partial charge in [-0.2, -0.15) is 0 Å². The van der Waals surface area contributed by atoms with Crippen molar-refractivity contribution in [1.82, 2.24) is 19.9 Å². The van der Waals surface area contributed by atoms with Crippen LogP contribution in [0.25, 0.3) is 16.9 Å². The van der Waals surface area contributed by atoms with Crippen LogP contribution in [0.2, 0.25) is 0 Å². The fourth-order valence-electron chi connectivity index (χ4n) is 2.98. The Morgan fingerprint density at radius 2 is 2.12 bits per heavy atom. The van der Waals surface area contributed by atoms with E-state index in [0.717, 1.165) is 5.69 Å². The monoisotopic (exact) mass is 352 g/mol. The van der Waals surface area contributed by atoms with Crippen LogP contribution < -0.4 is 5.32 Å². The number of pyridine rings is 1. The average Bonchev–Trinajstić information content (AvgIpc) is 3.22. The smallest absolute Gasteiger partial charge is 0.253 e. The van der Waals surface area contributed by atoms with Crippen molar-refractivity contribution in [2.45, 2.75) is 25.7 Å². The highest BCUT2D eigenvalue weighted by Gasteiger charge is 2.32. The molecule has 4 rings (SSSR count). The normalized spacial score (nSPS) is 18.9. The molecule has 7 nitrogen and oxygen atoms in total. The van der Waals surface area contributed by atoms with Gasteiger partial charge in [-0.3, -0.25) is 9.36 Å². The fraction of sp³-hybridized carbons (Fsp3) is 0.316. The quantitative estimate of drug-likeness (QED) is 0.779. The van der Waals surface area contributed by atoms with Crippen molar-refractivity contribution in [1.29, 1.82) is 0 Å². The van der Waals surface area contributed by atoms with Gasteiger partial charge in [-0.15, -0.1) is 0 Å². The minimum atomic E-state index is -0.597. The van der Waals surface area contributed by atoms with Gasteiger partial charge in [-0.25, -0.2) is 9.97 Å². The standard InChI is InChI=1S/C19H20N4O3/c1-19(2)25-11-15(26-19)10-21-18(24)13-8-16-17(20-9-13)23(12-22-16)14-6-4-3-5-7-14/h3-9,12,15H,10-11H2,1-2H3,(H,21,24). The second-order valence-corrected chi connectivity index (χ2v) is 6.68. The Kier molecular flexibility index (Phi) is 4.18. The van der Waals surface area contributed by atoms with Gasteiger partial charge >= 0.3 is 0 Å². The van der Waals surface area contributed by atoms with E-state index in [-0.39, 0.29) is 12.0 Å². The first kappa shape index (κ1) is 16.7. The zero-order valence-electron chi connectivity index (χ0n) is 14.7. The molecule has 0 radical (unpaired) electrons. The number of fused-ring (bicyclic) bond motifs is 1. The van der Waals surface area contributed by atoms with Crippen LogP contribution in [0.1, 0.15) is 24.2 Å². The Bertz CT molecular complexity index is 936. The van der Waals surface area contributed by atoms with Gasteiger partial charge in [0.05, 0.1) is 12.2 Å². The van der Waals surface area contributed by atoms with Crippen molar-refractivity contribution in [3.05, 3.63) is 54.5 Å². The molecule has 1 unspecified atom stereocenters. The molecule has 134 valence electrons. The zero-order chi connectivity index (χ0) is 18.1. The molecule has 1 amide bonds. The van der Waals surface area contributed by atoms with Crippen LogP contribution in [0.4, 0.5) is 0 Å². The predicted octanol–water partition coefficient (Wildman–Crippen LogP) is 2.30. The number of nitrogens with one attached hydrogen (secondary N) is 1. The molecular weight excluding hydrogens is 332 g/mol. The van der Waals surface area contributed by atoms with E-state index in [0.29, 0.717) is 29.9 Å². The molecule has 0 aliphatic carbocycles. The van der Waals surface area contributed by atoms with E-state index in [4.69, 9.17) is 9.47 Å². The van der Waals surface area contributed by atoms with Gasteiger partial charge in [0.15, 0.2) is 11.4 Å². The SMILES string of the molecule is CC1(C)OCC(CNC(=O)c2cnc3c(c2)ncn3-c2ccccc2)O1. The van der Waals surface area contributed by atoms with Crippen molar-refractivity contribution in [3.8, 4) is 5.69 Å². The molecule has 0 spiro atoms. The summed E-state index contributed by atoms with van der Waals surface area (Å²) in [7, 11) is 0. The van der Waals surface area contributed by atoms with Crippen molar-refractivity contribution in [2.24, 2.45) is 0 Å². The topological polar surface area (TPSA) is 78.3 Å². The molecule has 0 bridgehead atoms. The summed E-state index contributed by atoms with van der Waals surface area (Å²) < 4.78 is 13.1. The number of aromatic nitrogens is 3. The lowest BCUT2D eigenvalue weighted by Crippen LogP contribution is -2.34. The summed E-state index contributed by atoms with van der Waals surface area (Å²) in [5.41, 5.74) is 2.82. The number of carbonyl (C=O) groups is 1. The van der Waals surface area contributed by atoms with Crippen LogP contribution in [0, 0.1) is 0 Å². The Balaban J connectivity index is 1.48. The maximum atomic E-state index is 12.4. The number of ether oxygens (including phenoxy) is 2. The highest BCUT2D eigenvalue weighted by Crippen LogP contribution is 2.22. The van der Waals surface area contributed by atoms with Crippen molar-refractivity contribution >= 4 is 17.1 Å².